The van der Waals surface area contributed by atoms with Crippen LogP contribution in [0.5, 0.6) is 0 Å². The molecular formula is C17H21ClN4O. The van der Waals surface area contributed by atoms with Gasteiger partial charge in [0.2, 0.25) is 5.91 Å². The molecule has 0 radical (unpaired) electrons. The molecule has 0 aromatic carbocycles. The smallest absolute Gasteiger partial charge is 0.225 e. The van der Waals surface area contributed by atoms with Gasteiger partial charge in [-0.25, -0.2) is 4.98 Å². The highest BCUT2D eigenvalue weighted by Gasteiger charge is 2.29. The average molecular weight is 333 g/mol. The predicted molar refractivity (Wildman–Crippen MR) is 89.3 cm³/mol. The van der Waals surface area contributed by atoms with Crippen LogP contribution in [0.4, 0.5) is 5.82 Å². The van der Waals surface area contributed by atoms with Crippen molar-refractivity contribution in [1.82, 2.24) is 9.88 Å². The number of nitrogens with zero attached hydrogens (tertiary/aromatic N) is 4. The molecule has 1 aliphatic carbocycles. The SMILES string of the molecule is N#Cc1cnc(N2CCN(C(=O)C3CCCCC3)CC2)c(Cl)c1. The van der Waals surface area contributed by atoms with Crippen molar-refractivity contribution < 1.29 is 4.79 Å². The number of carbonyl (C=O) groups is 1. The highest BCUT2D eigenvalue weighted by Crippen LogP contribution is 2.28. The molecule has 1 amide bonds. The van der Waals surface area contributed by atoms with E-state index in [1.807, 2.05) is 11.0 Å². The van der Waals surface area contributed by atoms with E-state index in [0.717, 1.165) is 25.9 Å². The summed E-state index contributed by atoms with van der Waals surface area (Å²) < 4.78 is 0. The Morgan fingerprint density at radius 3 is 2.52 bits per heavy atom. The van der Waals surface area contributed by atoms with Crippen LogP contribution in [0.3, 0.4) is 0 Å². The summed E-state index contributed by atoms with van der Waals surface area (Å²) in [6, 6.07) is 3.68. The fourth-order valence-corrected chi connectivity index (χ4v) is 3.76. The molecular weight excluding hydrogens is 312 g/mol. The molecule has 2 heterocycles. The Kier molecular flexibility index (Phi) is 5.02. The van der Waals surface area contributed by atoms with E-state index in [4.69, 9.17) is 16.9 Å². The third-order valence-electron chi connectivity index (χ3n) is 4.80. The van der Waals surface area contributed by atoms with E-state index in [-0.39, 0.29) is 5.92 Å². The van der Waals surface area contributed by atoms with Gasteiger partial charge in [-0.05, 0) is 18.9 Å². The van der Waals surface area contributed by atoms with E-state index in [1.165, 1.54) is 19.3 Å². The maximum absolute atomic E-state index is 12.6. The van der Waals surface area contributed by atoms with Crippen molar-refractivity contribution in [2.24, 2.45) is 5.92 Å². The summed E-state index contributed by atoms with van der Waals surface area (Å²) >= 11 is 6.23. The lowest BCUT2D eigenvalue weighted by molar-refractivity contribution is -0.136. The largest absolute Gasteiger partial charge is 0.352 e. The molecule has 0 unspecified atom stereocenters. The van der Waals surface area contributed by atoms with Gasteiger partial charge in [-0.2, -0.15) is 5.26 Å². The van der Waals surface area contributed by atoms with Gasteiger partial charge in [0.15, 0.2) is 0 Å². The van der Waals surface area contributed by atoms with Gasteiger partial charge in [-0.3, -0.25) is 4.79 Å². The van der Waals surface area contributed by atoms with Crippen LogP contribution in [0.2, 0.25) is 5.02 Å². The quantitative estimate of drug-likeness (QED) is 0.835. The minimum atomic E-state index is 0.229. The number of nitriles is 1. The Morgan fingerprint density at radius 2 is 1.91 bits per heavy atom. The van der Waals surface area contributed by atoms with Crippen LogP contribution in [0.25, 0.3) is 0 Å². The molecule has 1 aromatic heterocycles. The van der Waals surface area contributed by atoms with E-state index in [2.05, 4.69) is 9.88 Å². The minimum Gasteiger partial charge on any atom is -0.352 e. The standard InChI is InChI=1S/C17H21ClN4O/c18-15-10-13(11-19)12-20-16(15)21-6-8-22(9-7-21)17(23)14-4-2-1-3-5-14/h10,12,14H,1-9H2. The van der Waals surface area contributed by atoms with Crippen molar-refractivity contribution in [2.75, 3.05) is 31.1 Å². The highest BCUT2D eigenvalue weighted by molar-refractivity contribution is 6.33. The zero-order valence-electron chi connectivity index (χ0n) is 13.2. The summed E-state index contributed by atoms with van der Waals surface area (Å²) in [5, 5.41) is 9.37. The van der Waals surface area contributed by atoms with Crippen molar-refractivity contribution in [3.8, 4) is 6.07 Å². The van der Waals surface area contributed by atoms with Gasteiger partial charge in [0.25, 0.3) is 0 Å². The molecule has 2 fully saturated rings. The number of amides is 1. The first-order valence-corrected chi connectivity index (χ1v) is 8.66. The van der Waals surface area contributed by atoms with Crippen LogP contribution in [0.1, 0.15) is 37.7 Å². The van der Waals surface area contributed by atoms with E-state index >= 15 is 0 Å². The first kappa shape index (κ1) is 16.1. The minimum absolute atomic E-state index is 0.229. The van der Waals surface area contributed by atoms with Gasteiger partial charge >= 0.3 is 0 Å². The summed E-state index contributed by atoms with van der Waals surface area (Å²) in [6.07, 6.45) is 7.26. The number of piperazine rings is 1. The van der Waals surface area contributed by atoms with E-state index < -0.39 is 0 Å². The zero-order chi connectivity index (χ0) is 16.2. The van der Waals surface area contributed by atoms with Gasteiger partial charge < -0.3 is 9.80 Å². The summed E-state index contributed by atoms with van der Waals surface area (Å²) in [4.78, 5) is 21.0. The highest BCUT2D eigenvalue weighted by atomic mass is 35.5. The molecule has 1 saturated heterocycles. The van der Waals surface area contributed by atoms with Gasteiger partial charge in [-0.1, -0.05) is 30.9 Å². The van der Waals surface area contributed by atoms with Crippen molar-refractivity contribution in [3.63, 3.8) is 0 Å². The van der Waals surface area contributed by atoms with Crippen LogP contribution >= 0.6 is 11.6 Å². The lowest BCUT2D eigenvalue weighted by Crippen LogP contribution is -2.50. The van der Waals surface area contributed by atoms with Crippen LogP contribution in [-0.2, 0) is 4.79 Å². The van der Waals surface area contributed by atoms with Crippen LogP contribution < -0.4 is 4.90 Å². The second kappa shape index (κ2) is 7.18. The molecule has 3 rings (SSSR count). The second-order valence-electron chi connectivity index (χ2n) is 6.29. The lowest BCUT2D eigenvalue weighted by atomic mass is 9.88. The third kappa shape index (κ3) is 3.59. The van der Waals surface area contributed by atoms with E-state index in [9.17, 15) is 4.79 Å². The molecule has 1 aliphatic heterocycles. The van der Waals surface area contributed by atoms with Gasteiger partial charge in [0.05, 0.1) is 10.6 Å². The summed E-state index contributed by atoms with van der Waals surface area (Å²) in [6.45, 7) is 2.90. The molecule has 0 spiro atoms. The van der Waals surface area contributed by atoms with Crippen molar-refractivity contribution in [3.05, 3.63) is 22.8 Å². The summed E-state index contributed by atoms with van der Waals surface area (Å²) in [7, 11) is 0. The summed E-state index contributed by atoms with van der Waals surface area (Å²) in [5.74, 6) is 1.26. The third-order valence-corrected chi connectivity index (χ3v) is 5.07. The van der Waals surface area contributed by atoms with Crippen LogP contribution in [0, 0.1) is 17.2 Å². The predicted octanol–water partition coefficient (Wildman–Crippen LogP) is 2.84. The number of pyridine rings is 1. The van der Waals surface area contributed by atoms with E-state index in [1.54, 1.807) is 12.3 Å². The van der Waals surface area contributed by atoms with Crippen molar-refractivity contribution in [2.45, 2.75) is 32.1 Å². The average Bonchev–Trinajstić information content (AvgIpc) is 2.62. The Labute approximate surface area is 141 Å². The normalized spacial score (nSPS) is 19.5. The Morgan fingerprint density at radius 1 is 1.22 bits per heavy atom. The number of hydrogen-bond donors (Lipinski definition) is 0. The van der Waals surface area contributed by atoms with Crippen LogP contribution in [0.15, 0.2) is 12.3 Å². The van der Waals surface area contributed by atoms with Crippen molar-refractivity contribution >= 4 is 23.3 Å². The molecule has 1 saturated carbocycles. The van der Waals surface area contributed by atoms with Gasteiger partial charge in [0.1, 0.15) is 11.9 Å². The number of anilines is 1. The van der Waals surface area contributed by atoms with Gasteiger partial charge in [0, 0.05) is 38.3 Å². The van der Waals surface area contributed by atoms with Crippen LogP contribution in [-0.4, -0.2) is 42.0 Å². The first-order chi connectivity index (χ1) is 11.2. The molecule has 122 valence electrons. The number of rotatable bonds is 2. The summed E-state index contributed by atoms with van der Waals surface area (Å²) in [5.41, 5.74) is 0.463. The van der Waals surface area contributed by atoms with E-state index in [0.29, 0.717) is 35.4 Å². The Balaban J connectivity index is 1.60. The maximum Gasteiger partial charge on any atom is 0.225 e. The fourth-order valence-electron chi connectivity index (χ4n) is 3.47. The number of hydrogen-bond acceptors (Lipinski definition) is 4. The molecule has 0 atom stereocenters. The second-order valence-corrected chi connectivity index (χ2v) is 6.70. The zero-order valence-corrected chi connectivity index (χ0v) is 13.9. The number of carbonyl (C=O) groups excluding carboxylic acids is 1. The molecule has 1 aromatic rings. The maximum atomic E-state index is 12.6. The van der Waals surface area contributed by atoms with Crippen molar-refractivity contribution in [1.29, 1.82) is 5.26 Å². The fraction of sp³-hybridized carbons (Fsp3) is 0.588. The molecule has 0 bridgehead atoms. The molecule has 2 aliphatic rings. The first-order valence-electron chi connectivity index (χ1n) is 8.28. The Bertz CT molecular complexity index is 614. The molecule has 6 heteroatoms. The number of aromatic nitrogens is 1. The topological polar surface area (TPSA) is 60.2 Å². The molecule has 0 N–H and O–H groups in total. The molecule has 5 nitrogen and oxygen atoms in total. The number of halogens is 1. The molecule has 23 heavy (non-hydrogen) atoms. The lowest BCUT2D eigenvalue weighted by Gasteiger charge is -2.37. The Hall–Kier alpha value is -1.80. The van der Waals surface area contributed by atoms with Gasteiger partial charge in [-0.15, -0.1) is 0 Å². The monoisotopic (exact) mass is 332 g/mol.